The number of amides is 1. The summed E-state index contributed by atoms with van der Waals surface area (Å²) in [5.74, 6) is -0.885. The Hall–Kier alpha value is -2.04. The summed E-state index contributed by atoms with van der Waals surface area (Å²) in [4.78, 5) is 22.1. The minimum atomic E-state index is -0.885. The van der Waals surface area contributed by atoms with E-state index in [1.54, 1.807) is 13.8 Å². The molecule has 0 aliphatic carbocycles. The number of aliphatic carboxylic acids is 1. The monoisotopic (exact) mass is 265 g/mol. The standard InChI is InChI=1S/C14H19NO4/c1-14(2,8-12(16)17)10-15-13(18)19-9-11-6-4-3-5-7-11/h3-7H,8-10H2,1-2H3,(H,15,18)(H,16,17). The van der Waals surface area contributed by atoms with Gasteiger partial charge in [-0.2, -0.15) is 0 Å². The highest BCUT2D eigenvalue weighted by Gasteiger charge is 2.22. The number of nitrogens with one attached hydrogen (secondary N) is 1. The molecule has 0 saturated heterocycles. The Kier molecular flexibility index (Phi) is 5.36. The zero-order valence-electron chi connectivity index (χ0n) is 11.2. The molecule has 0 bridgehead atoms. The van der Waals surface area contributed by atoms with Gasteiger partial charge in [-0.25, -0.2) is 4.79 Å². The molecule has 5 nitrogen and oxygen atoms in total. The van der Waals surface area contributed by atoms with Gasteiger partial charge in [0.1, 0.15) is 6.61 Å². The molecule has 5 heteroatoms. The highest BCUT2D eigenvalue weighted by atomic mass is 16.5. The van der Waals surface area contributed by atoms with Crippen molar-refractivity contribution < 1.29 is 19.4 Å². The lowest BCUT2D eigenvalue weighted by Gasteiger charge is -2.22. The van der Waals surface area contributed by atoms with Crippen molar-refractivity contribution in [2.45, 2.75) is 26.9 Å². The molecule has 0 unspecified atom stereocenters. The van der Waals surface area contributed by atoms with Crippen molar-refractivity contribution in [1.29, 1.82) is 0 Å². The van der Waals surface area contributed by atoms with Gasteiger partial charge in [0.15, 0.2) is 0 Å². The van der Waals surface area contributed by atoms with Crippen molar-refractivity contribution in [3.05, 3.63) is 35.9 Å². The fourth-order valence-electron chi connectivity index (χ4n) is 1.56. The molecule has 0 aliphatic heterocycles. The number of hydrogen-bond acceptors (Lipinski definition) is 3. The van der Waals surface area contributed by atoms with E-state index in [2.05, 4.69) is 5.32 Å². The second-order valence-electron chi connectivity index (χ2n) is 5.15. The normalized spacial score (nSPS) is 10.8. The summed E-state index contributed by atoms with van der Waals surface area (Å²) in [5, 5.41) is 11.3. The highest BCUT2D eigenvalue weighted by Crippen LogP contribution is 2.18. The lowest BCUT2D eigenvalue weighted by molar-refractivity contribution is -0.139. The first-order chi connectivity index (χ1) is 8.89. The average molecular weight is 265 g/mol. The summed E-state index contributed by atoms with van der Waals surface area (Å²) in [5.41, 5.74) is 0.403. The Labute approximate surface area is 112 Å². The Morgan fingerprint density at radius 2 is 1.89 bits per heavy atom. The Morgan fingerprint density at radius 1 is 1.26 bits per heavy atom. The van der Waals surface area contributed by atoms with E-state index in [4.69, 9.17) is 9.84 Å². The predicted molar refractivity (Wildman–Crippen MR) is 70.7 cm³/mol. The number of ether oxygens (including phenoxy) is 1. The van der Waals surface area contributed by atoms with E-state index < -0.39 is 17.5 Å². The molecule has 2 N–H and O–H groups in total. The molecule has 0 fully saturated rings. The second-order valence-corrected chi connectivity index (χ2v) is 5.15. The molecule has 0 radical (unpaired) electrons. The predicted octanol–water partition coefficient (Wildman–Crippen LogP) is 2.41. The van der Waals surface area contributed by atoms with E-state index in [1.165, 1.54) is 0 Å². The fourth-order valence-corrected chi connectivity index (χ4v) is 1.56. The Balaban J connectivity index is 2.30. The number of alkyl carbamates (subject to hydrolysis) is 1. The third-order valence-electron chi connectivity index (χ3n) is 2.55. The van der Waals surface area contributed by atoms with E-state index in [0.717, 1.165) is 5.56 Å². The molecule has 0 heterocycles. The van der Waals surface area contributed by atoms with Gasteiger partial charge >= 0.3 is 12.1 Å². The topological polar surface area (TPSA) is 75.6 Å². The summed E-state index contributed by atoms with van der Waals surface area (Å²) in [6.45, 7) is 4.01. The van der Waals surface area contributed by atoms with Crippen molar-refractivity contribution in [3.8, 4) is 0 Å². The lowest BCUT2D eigenvalue weighted by Crippen LogP contribution is -2.35. The van der Waals surface area contributed by atoms with Crippen LogP contribution in [0.5, 0.6) is 0 Å². The molecule has 104 valence electrons. The molecule has 19 heavy (non-hydrogen) atoms. The zero-order chi connectivity index (χ0) is 14.3. The van der Waals surface area contributed by atoms with Crippen molar-refractivity contribution >= 4 is 12.1 Å². The smallest absolute Gasteiger partial charge is 0.407 e. The molecule has 1 rings (SSSR count). The first kappa shape index (κ1) is 15.0. The molecular weight excluding hydrogens is 246 g/mol. The van der Waals surface area contributed by atoms with Gasteiger partial charge in [0, 0.05) is 6.54 Å². The summed E-state index contributed by atoms with van der Waals surface area (Å²) >= 11 is 0. The van der Waals surface area contributed by atoms with Crippen molar-refractivity contribution in [3.63, 3.8) is 0 Å². The van der Waals surface area contributed by atoms with E-state index >= 15 is 0 Å². The molecular formula is C14H19NO4. The third kappa shape index (κ3) is 6.45. The van der Waals surface area contributed by atoms with Gasteiger partial charge in [0.05, 0.1) is 6.42 Å². The first-order valence-electron chi connectivity index (χ1n) is 6.05. The Bertz CT molecular complexity index is 428. The van der Waals surface area contributed by atoms with Crippen LogP contribution in [0.15, 0.2) is 30.3 Å². The van der Waals surface area contributed by atoms with Crippen LogP contribution in [0.4, 0.5) is 4.79 Å². The van der Waals surface area contributed by atoms with Gasteiger partial charge in [-0.05, 0) is 11.0 Å². The summed E-state index contributed by atoms with van der Waals surface area (Å²) in [6, 6.07) is 9.35. The fraction of sp³-hybridized carbons (Fsp3) is 0.429. The lowest BCUT2D eigenvalue weighted by atomic mass is 9.89. The van der Waals surface area contributed by atoms with Crippen LogP contribution in [0.2, 0.25) is 0 Å². The zero-order valence-corrected chi connectivity index (χ0v) is 11.2. The van der Waals surface area contributed by atoms with Crippen LogP contribution in [0, 0.1) is 5.41 Å². The molecule has 0 saturated carbocycles. The number of rotatable bonds is 6. The largest absolute Gasteiger partial charge is 0.481 e. The van der Waals surface area contributed by atoms with E-state index in [0.29, 0.717) is 0 Å². The van der Waals surface area contributed by atoms with Crippen LogP contribution in [-0.4, -0.2) is 23.7 Å². The molecule has 1 aromatic rings. The number of carboxylic acids is 1. The molecule has 1 aromatic carbocycles. The highest BCUT2D eigenvalue weighted by molar-refractivity contribution is 5.69. The third-order valence-corrected chi connectivity index (χ3v) is 2.55. The van der Waals surface area contributed by atoms with Crippen LogP contribution in [0.1, 0.15) is 25.8 Å². The number of carboxylic acid groups (broad SMARTS) is 1. The molecule has 0 aliphatic rings. The van der Waals surface area contributed by atoms with Crippen molar-refractivity contribution in [2.75, 3.05) is 6.54 Å². The SMILES string of the molecule is CC(C)(CNC(=O)OCc1ccccc1)CC(=O)O. The number of carbonyl (C=O) groups excluding carboxylic acids is 1. The molecule has 0 spiro atoms. The van der Waals surface area contributed by atoms with Gasteiger partial charge in [-0.3, -0.25) is 4.79 Å². The molecule has 0 atom stereocenters. The van der Waals surface area contributed by atoms with E-state index in [9.17, 15) is 9.59 Å². The minimum Gasteiger partial charge on any atom is -0.481 e. The van der Waals surface area contributed by atoms with Gasteiger partial charge in [0.2, 0.25) is 0 Å². The maximum absolute atomic E-state index is 11.5. The molecule has 1 amide bonds. The number of hydrogen-bond donors (Lipinski definition) is 2. The van der Waals surface area contributed by atoms with Gasteiger partial charge in [-0.15, -0.1) is 0 Å². The van der Waals surface area contributed by atoms with Crippen LogP contribution in [0.3, 0.4) is 0 Å². The minimum absolute atomic E-state index is 0.00797. The second kappa shape index (κ2) is 6.78. The first-order valence-corrected chi connectivity index (χ1v) is 6.05. The van der Waals surface area contributed by atoms with Crippen molar-refractivity contribution in [1.82, 2.24) is 5.32 Å². The summed E-state index contributed by atoms with van der Waals surface area (Å²) < 4.78 is 5.03. The summed E-state index contributed by atoms with van der Waals surface area (Å²) in [6.07, 6.45) is -0.547. The summed E-state index contributed by atoms with van der Waals surface area (Å²) in [7, 11) is 0. The number of benzene rings is 1. The van der Waals surface area contributed by atoms with Gasteiger partial charge in [-0.1, -0.05) is 44.2 Å². The average Bonchev–Trinajstić information content (AvgIpc) is 2.34. The van der Waals surface area contributed by atoms with Crippen molar-refractivity contribution in [2.24, 2.45) is 5.41 Å². The maximum atomic E-state index is 11.5. The van der Waals surface area contributed by atoms with Gasteiger partial charge in [0.25, 0.3) is 0 Å². The maximum Gasteiger partial charge on any atom is 0.407 e. The number of carbonyl (C=O) groups is 2. The van der Waals surface area contributed by atoms with Crippen LogP contribution < -0.4 is 5.32 Å². The molecule has 0 aromatic heterocycles. The van der Waals surface area contributed by atoms with Crippen LogP contribution >= 0.6 is 0 Å². The quantitative estimate of drug-likeness (QED) is 0.828. The van der Waals surface area contributed by atoms with Gasteiger partial charge < -0.3 is 15.2 Å². The van der Waals surface area contributed by atoms with Crippen LogP contribution in [0.25, 0.3) is 0 Å². The van der Waals surface area contributed by atoms with E-state index in [-0.39, 0.29) is 19.6 Å². The van der Waals surface area contributed by atoms with Crippen LogP contribution in [-0.2, 0) is 16.1 Å². The Morgan fingerprint density at radius 3 is 2.47 bits per heavy atom. The van der Waals surface area contributed by atoms with E-state index in [1.807, 2.05) is 30.3 Å².